The molecule has 2 aromatic carbocycles. The number of nitrogens with zero attached hydrogens (tertiary/aromatic N) is 2. The summed E-state index contributed by atoms with van der Waals surface area (Å²) in [6.07, 6.45) is 1.93. The standard InChI is InChI=1S/C25H29N3O3/c1-17-22(19-14-23(29-2)25(31-4)24(15-19)30-3)13-20(16-27-17)18-5-7-21(8-6-18)28-11-9-26-10-12-28/h5-8,13-16,26H,9-12H2,1-4H3. The Balaban J connectivity index is 1.69. The lowest BCUT2D eigenvalue weighted by Crippen LogP contribution is -2.43. The molecule has 1 fully saturated rings. The number of hydrogen-bond donors (Lipinski definition) is 1. The summed E-state index contributed by atoms with van der Waals surface area (Å²) in [5.74, 6) is 1.84. The maximum atomic E-state index is 5.53. The number of anilines is 1. The predicted octanol–water partition coefficient (Wildman–Crippen LogP) is 4.16. The van der Waals surface area contributed by atoms with E-state index in [1.807, 2.05) is 25.3 Å². The summed E-state index contributed by atoms with van der Waals surface area (Å²) in [7, 11) is 4.86. The van der Waals surface area contributed by atoms with Crippen LogP contribution in [-0.4, -0.2) is 52.5 Å². The van der Waals surface area contributed by atoms with Crippen LogP contribution in [0.15, 0.2) is 48.7 Å². The Hall–Kier alpha value is -3.25. The molecule has 162 valence electrons. The Labute approximate surface area is 183 Å². The van der Waals surface area contributed by atoms with Crippen LogP contribution < -0.4 is 24.4 Å². The fraction of sp³-hybridized carbons (Fsp3) is 0.320. The third-order valence-corrected chi connectivity index (χ3v) is 5.75. The molecule has 1 aromatic heterocycles. The molecular formula is C25H29N3O3. The number of pyridine rings is 1. The molecule has 3 aromatic rings. The zero-order valence-electron chi connectivity index (χ0n) is 18.6. The van der Waals surface area contributed by atoms with E-state index >= 15 is 0 Å². The van der Waals surface area contributed by atoms with Crippen LogP contribution in [0.1, 0.15) is 5.69 Å². The minimum Gasteiger partial charge on any atom is -0.493 e. The number of methoxy groups -OCH3 is 3. The van der Waals surface area contributed by atoms with Crippen LogP contribution in [0, 0.1) is 6.92 Å². The van der Waals surface area contributed by atoms with Gasteiger partial charge < -0.3 is 24.4 Å². The molecule has 0 unspecified atom stereocenters. The Kier molecular flexibility index (Phi) is 6.28. The number of benzene rings is 2. The molecule has 0 atom stereocenters. The van der Waals surface area contributed by atoms with Gasteiger partial charge in [-0.05, 0) is 48.4 Å². The SMILES string of the molecule is COc1cc(-c2cc(-c3ccc(N4CCNCC4)cc3)cnc2C)cc(OC)c1OC. The highest BCUT2D eigenvalue weighted by Crippen LogP contribution is 2.42. The Morgan fingerprint density at radius 3 is 2.03 bits per heavy atom. The molecule has 1 aliphatic rings. The number of aromatic nitrogens is 1. The van der Waals surface area contributed by atoms with Crippen molar-refractivity contribution in [1.82, 2.24) is 10.3 Å². The molecule has 0 aliphatic carbocycles. The molecule has 0 spiro atoms. The summed E-state index contributed by atoms with van der Waals surface area (Å²) < 4.78 is 16.5. The van der Waals surface area contributed by atoms with Gasteiger partial charge in [0.05, 0.1) is 21.3 Å². The highest BCUT2D eigenvalue weighted by atomic mass is 16.5. The van der Waals surface area contributed by atoms with Crippen LogP contribution in [-0.2, 0) is 0 Å². The first-order chi connectivity index (χ1) is 15.1. The summed E-state index contributed by atoms with van der Waals surface area (Å²) in [5.41, 5.74) is 6.41. The van der Waals surface area contributed by atoms with E-state index in [0.717, 1.165) is 54.1 Å². The van der Waals surface area contributed by atoms with Crippen LogP contribution in [0.5, 0.6) is 17.2 Å². The summed E-state index contributed by atoms with van der Waals surface area (Å²) >= 11 is 0. The summed E-state index contributed by atoms with van der Waals surface area (Å²) in [4.78, 5) is 7.08. The van der Waals surface area contributed by atoms with Crippen molar-refractivity contribution in [2.24, 2.45) is 0 Å². The van der Waals surface area contributed by atoms with Crippen LogP contribution in [0.3, 0.4) is 0 Å². The molecule has 1 N–H and O–H groups in total. The minimum atomic E-state index is 0.582. The van der Waals surface area contributed by atoms with Gasteiger partial charge in [0.15, 0.2) is 11.5 Å². The van der Waals surface area contributed by atoms with E-state index in [4.69, 9.17) is 14.2 Å². The van der Waals surface area contributed by atoms with Gasteiger partial charge in [-0.15, -0.1) is 0 Å². The first-order valence-corrected chi connectivity index (χ1v) is 10.5. The Bertz CT molecular complexity index is 1020. The van der Waals surface area contributed by atoms with Crippen molar-refractivity contribution < 1.29 is 14.2 Å². The first-order valence-electron chi connectivity index (χ1n) is 10.5. The minimum absolute atomic E-state index is 0.582. The number of aryl methyl sites for hydroxylation is 1. The van der Waals surface area contributed by atoms with Gasteiger partial charge in [-0.25, -0.2) is 0 Å². The fourth-order valence-corrected chi connectivity index (χ4v) is 4.01. The Morgan fingerprint density at radius 2 is 1.45 bits per heavy atom. The normalized spacial score (nSPS) is 13.7. The number of piperazine rings is 1. The molecule has 31 heavy (non-hydrogen) atoms. The average molecular weight is 420 g/mol. The van der Waals surface area contributed by atoms with E-state index in [9.17, 15) is 0 Å². The molecule has 0 saturated carbocycles. The molecule has 1 saturated heterocycles. The van der Waals surface area contributed by atoms with Crippen molar-refractivity contribution >= 4 is 5.69 Å². The predicted molar refractivity (Wildman–Crippen MR) is 125 cm³/mol. The van der Waals surface area contributed by atoms with Crippen molar-refractivity contribution in [3.63, 3.8) is 0 Å². The lowest BCUT2D eigenvalue weighted by Gasteiger charge is -2.29. The van der Waals surface area contributed by atoms with E-state index in [1.165, 1.54) is 5.69 Å². The molecule has 0 bridgehead atoms. The van der Waals surface area contributed by atoms with Crippen molar-refractivity contribution in [2.45, 2.75) is 6.92 Å². The number of hydrogen-bond acceptors (Lipinski definition) is 6. The monoisotopic (exact) mass is 419 g/mol. The lowest BCUT2D eigenvalue weighted by atomic mass is 9.98. The van der Waals surface area contributed by atoms with Gasteiger partial charge in [0.1, 0.15) is 0 Å². The van der Waals surface area contributed by atoms with Gasteiger partial charge >= 0.3 is 0 Å². The van der Waals surface area contributed by atoms with Crippen LogP contribution >= 0.6 is 0 Å². The van der Waals surface area contributed by atoms with Gasteiger partial charge in [0.2, 0.25) is 5.75 Å². The van der Waals surface area contributed by atoms with Gasteiger partial charge in [0.25, 0.3) is 0 Å². The zero-order chi connectivity index (χ0) is 21.8. The van der Waals surface area contributed by atoms with Crippen molar-refractivity contribution in [1.29, 1.82) is 0 Å². The topological polar surface area (TPSA) is 55.9 Å². The number of nitrogens with one attached hydrogen (secondary N) is 1. The van der Waals surface area contributed by atoms with Crippen LogP contribution in [0.2, 0.25) is 0 Å². The summed E-state index contributed by atoms with van der Waals surface area (Å²) in [5, 5.41) is 3.40. The maximum Gasteiger partial charge on any atom is 0.203 e. The highest BCUT2D eigenvalue weighted by Gasteiger charge is 2.16. The lowest BCUT2D eigenvalue weighted by molar-refractivity contribution is 0.324. The fourth-order valence-electron chi connectivity index (χ4n) is 4.01. The second-order valence-electron chi connectivity index (χ2n) is 7.55. The van der Waals surface area contributed by atoms with Crippen molar-refractivity contribution in [2.75, 3.05) is 52.4 Å². The molecule has 6 nitrogen and oxygen atoms in total. The molecular weight excluding hydrogens is 390 g/mol. The highest BCUT2D eigenvalue weighted by molar-refractivity contribution is 5.77. The van der Waals surface area contributed by atoms with Crippen LogP contribution in [0.4, 0.5) is 5.69 Å². The quantitative estimate of drug-likeness (QED) is 0.648. The second kappa shape index (κ2) is 9.27. The van der Waals surface area contributed by atoms with E-state index in [-0.39, 0.29) is 0 Å². The van der Waals surface area contributed by atoms with E-state index in [1.54, 1.807) is 21.3 Å². The third kappa shape index (κ3) is 4.30. The van der Waals surface area contributed by atoms with E-state index in [2.05, 4.69) is 45.5 Å². The van der Waals surface area contributed by atoms with Gasteiger partial charge in [-0.1, -0.05) is 12.1 Å². The number of ether oxygens (including phenoxy) is 3. The van der Waals surface area contributed by atoms with Gasteiger partial charge in [-0.2, -0.15) is 0 Å². The summed E-state index contributed by atoms with van der Waals surface area (Å²) in [6, 6.07) is 14.8. The number of rotatable bonds is 6. The van der Waals surface area contributed by atoms with Crippen molar-refractivity contribution in [3.8, 4) is 39.5 Å². The van der Waals surface area contributed by atoms with Crippen molar-refractivity contribution in [3.05, 3.63) is 54.4 Å². The maximum absolute atomic E-state index is 5.53. The smallest absolute Gasteiger partial charge is 0.203 e. The average Bonchev–Trinajstić information content (AvgIpc) is 2.84. The van der Waals surface area contributed by atoms with Gasteiger partial charge in [0, 0.05) is 54.9 Å². The Morgan fingerprint density at radius 1 is 0.806 bits per heavy atom. The van der Waals surface area contributed by atoms with Gasteiger partial charge in [-0.3, -0.25) is 4.98 Å². The first kappa shape index (κ1) is 21.0. The molecule has 4 rings (SSSR count). The molecule has 0 amide bonds. The molecule has 1 aliphatic heterocycles. The second-order valence-corrected chi connectivity index (χ2v) is 7.55. The molecule has 6 heteroatoms. The molecule has 2 heterocycles. The van der Waals surface area contributed by atoms with E-state index < -0.39 is 0 Å². The molecule has 0 radical (unpaired) electrons. The largest absolute Gasteiger partial charge is 0.493 e. The third-order valence-electron chi connectivity index (χ3n) is 5.75. The van der Waals surface area contributed by atoms with Crippen LogP contribution in [0.25, 0.3) is 22.3 Å². The summed E-state index contributed by atoms with van der Waals surface area (Å²) in [6.45, 7) is 6.15. The zero-order valence-corrected chi connectivity index (χ0v) is 18.6. The van der Waals surface area contributed by atoms with E-state index in [0.29, 0.717) is 17.2 Å².